The normalized spacial score (nSPS) is 17.4. The van der Waals surface area contributed by atoms with E-state index < -0.39 is 58.9 Å². The van der Waals surface area contributed by atoms with Crippen LogP contribution < -0.4 is 0 Å². The van der Waals surface area contributed by atoms with E-state index in [1.54, 1.807) is 168 Å². The quantitative estimate of drug-likeness (QED) is 0.106. The number of alkyl halides is 15. The van der Waals surface area contributed by atoms with Crippen molar-refractivity contribution in [1.29, 1.82) is 0 Å². The van der Waals surface area contributed by atoms with Crippen LogP contribution in [0, 0.1) is 104 Å². The standard InChI is InChI=1S/2C21H17F3N2O.C19H19F3O.2C16H14F3NO.8C2H6.H2/c2*1-11-12(2)17(14-8-25-10-26-9-14)18-15-6-4-5-7-16(15)20(27,21(22,23)24)19(18)13(11)3;1-5-13-10(2)11(3)16-14-8-6-7-9-15(14)18(23,19(20,21)22)17(16)12(13)4;2*1-8-9(2)13-14(20-10(8)3)11-6-4-5-7-12(11)15(13,21)16(17,18)19;8*1-2;/h2*4-10,27H,1-3H3;6-9,23H,5H2,1-4H3;2*4-7,21H,1-3H3;8*1-2H3;1H/t2*20-;18-;2*15-;;;;;;;;;/m10010........./s1/i;;;;;;;;;;;;;1+2. The summed E-state index contributed by atoms with van der Waals surface area (Å²) in [5, 5.41) is 54.0. The summed E-state index contributed by atoms with van der Waals surface area (Å²) in [6.07, 6.45) is -14.4. The first-order valence-corrected chi connectivity index (χ1v) is 45.8. The van der Waals surface area contributed by atoms with Crippen LogP contribution in [0.3, 0.4) is 0 Å². The molecule has 8 aromatic carbocycles. The number of hydrogen-bond donors (Lipinski definition) is 5. The van der Waals surface area contributed by atoms with Crippen molar-refractivity contribution in [3.63, 3.8) is 0 Å². The molecule has 4 heterocycles. The van der Waals surface area contributed by atoms with Crippen LogP contribution in [0.1, 0.15) is 264 Å². The van der Waals surface area contributed by atoms with Gasteiger partial charge in [0.1, 0.15) is 12.7 Å². The molecule has 5 atom stereocenters. The predicted octanol–water partition coefficient (Wildman–Crippen LogP) is 30.7. The molecule has 5 aliphatic carbocycles. The lowest BCUT2D eigenvalue weighted by Gasteiger charge is -2.31. The molecule has 4 aromatic heterocycles. The molecule has 0 saturated carbocycles. The molecule has 11 nitrogen and oxygen atoms in total. The molecule has 0 amide bonds. The molecule has 0 unspecified atom stereocenters. The van der Waals surface area contributed by atoms with E-state index in [9.17, 15) is 91.4 Å². The van der Waals surface area contributed by atoms with Crippen LogP contribution in [0.25, 0.3) is 78.1 Å². The third-order valence-electron chi connectivity index (χ3n) is 25.0. The Bertz CT molecular complexity index is 5850. The summed E-state index contributed by atoms with van der Waals surface area (Å²) in [5.41, 5.74) is 0.927. The van der Waals surface area contributed by atoms with E-state index in [-0.39, 0.29) is 68.4 Å². The number of halogens is 15. The van der Waals surface area contributed by atoms with Crippen molar-refractivity contribution >= 4 is 0 Å². The fraction of sp³-hybridized carbons (Fsp3) is 0.394. The zero-order chi connectivity index (χ0) is 103. The van der Waals surface area contributed by atoms with Gasteiger partial charge in [-0.3, -0.25) is 9.97 Å². The largest absolute Gasteiger partial charge is 0.425 e. The van der Waals surface area contributed by atoms with Gasteiger partial charge in [-0.25, -0.2) is 19.9 Å². The van der Waals surface area contributed by atoms with Gasteiger partial charge in [0.25, 0.3) is 0 Å². The second kappa shape index (κ2) is 44.8. The molecule has 17 rings (SSSR count). The molecule has 732 valence electrons. The SMILES string of the molecule is CC.CC.CC.CC.CC.CC.CC.CC.CCc1c(C)c(C)c2c(c1C)[C@](O)(C(F)(F)F)c1ccccc1-2.Cc1c(C)c(-c2cncnc2)c2c(c1C)[C@@](O)(C(F)(F)F)c1ccccc1-2.Cc1c(C)c(-c2cncnc2)c2c(c1C)[C@](O)(C(F)(F)F)c1ccccc1-2.Cc1nc2c(c(C)c1C)[C@@](O)(C(F)(F)F)c1ccccc1-2.Cc1nc2c(c(C)c1C)[C@](O)(C(F)(F)F)c1ccccc1-2.[3HH]. The fourth-order valence-corrected chi connectivity index (χ4v) is 18.2. The molecule has 0 bridgehead atoms. The third-order valence-corrected chi connectivity index (χ3v) is 25.0. The summed E-state index contributed by atoms with van der Waals surface area (Å²) in [4.78, 5) is 24.7. The Kier molecular flexibility index (Phi) is 38.0. The lowest BCUT2D eigenvalue weighted by atomic mass is 9.81. The summed E-state index contributed by atoms with van der Waals surface area (Å²) >= 11 is 0. The van der Waals surface area contributed by atoms with Crippen LogP contribution >= 0.6 is 0 Å². The molecule has 135 heavy (non-hydrogen) atoms. The van der Waals surface area contributed by atoms with Gasteiger partial charge >= 0.3 is 30.9 Å². The number of hydrogen-bond acceptors (Lipinski definition) is 11. The minimum atomic E-state index is -4.86. The van der Waals surface area contributed by atoms with E-state index in [2.05, 4.69) is 29.9 Å². The van der Waals surface area contributed by atoms with E-state index in [0.717, 1.165) is 27.8 Å². The number of aryl methyl sites for hydroxylation is 2. The average molecular weight is 1890 g/mol. The van der Waals surface area contributed by atoms with Crippen LogP contribution in [0.2, 0.25) is 0 Å². The maximum atomic E-state index is 14.2. The van der Waals surface area contributed by atoms with Crippen LogP contribution in [0.5, 0.6) is 0 Å². The van der Waals surface area contributed by atoms with Crippen molar-refractivity contribution in [2.75, 3.05) is 0 Å². The smallest absolute Gasteiger partial charge is 0.372 e. The molecular formula is C109H131F15N6O5. The van der Waals surface area contributed by atoms with E-state index in [1.807, 2.05) is 145 Å². The molecule has 0 saturated heterocycles. The summed E-state index contributed by atoms with van der Waals surface area (Å²) in [7, 11) is 0. The number of aliphatic hydroxyl groups is 5. The Labute approximate surface area is 787 Å². The second-order valence-corrected chi connectivity index (χ2v) is 30.8. The minimum Gasteiger partial charge on any atom is -0.372 e. The first kappa shape index (κ1) is 114. The molecule has 0 radical (unpaired) electrons. The fourth-order valence-electron chi connectivity index (χ4n) is 18.2. The van der Waals surface area contributed by atoms with Gasteiger partial charge in [0.05, 0.1) is 11.4 Å². The van der Waals surface area contributed by atoms with Crippen molar-refractivity contribution < 1.29 is 92.8 Å². The van der Waals surface area contributed by atoms with Gasteiger partial charge in [-0.05, 0) is 233 Å². The topological polar surface area (TPSA) is 178 Å². The number of rotatable bonds is 3. The van der Waals surface area contributed by atoms with Crippen LogP contribution in [0.4, 0.5) is 65.9 Å². The van der Waals surface area contributed by atoms with E-state index in [1.165, 1.54) is 67.3 Å². The first-order valence-electron chi connectivity index (χ1n) is 45.8. The number of aromatic nitrogens is 6. The van der Waals surface area contributed by atoms with Gasteiger partial charge in [-0.1, -0.05) is 239 Å². The summed E-state index contributed by atoms with van der Waals surface area (Å²) in [5.74, 6) is 0. The summed E-state index contributed by atoms with van der Waals surface area (Å²) in [6.45, 7) is 60.1. The maximum Gasteiger partial charge on any atom is 0.425 e. The highest BCUT2D eigenvalue weighted by Gasteiger charge is 2.67. The number of pyridine rings is 2. The average Bonchev–Trinajstić information content (AvgIpc) is 1.54. The predicted molar refractivity (Wildman–Crippen MR) is 516 cm³/mol. The second-order valence-electron chi connectivity index (χ2n) is 30.8. The van der Waals surface area contributed by atoms with Gasteiger partial charge in [0.15, 0.2) is 0 Å². The molecular weight excluding hydrogens is 1760 g/mol. The van der Waals surface area contributed by atoms with Crippen molar-refractivity contribution in [2.24, 2.45) is 0 Å². The minimum absolute atomic E-state index is 0. The first-order chi connectivity index (χ1) is 63.4. The Hall–Kier alpha value is -11.0. The monoisotopic (exact) mass is 1890 g/mol. The summed E-state index contributed by atoms with van der Waals surface area (Å²) < 4.78 is 209. The van der Waals surface area contributed by atoms with E-state index in [4.69, 9.17) is 0 Å². The van der Waals surface area contributed by atoms with Gasteiger partial charge in [0.2, 0.25) is 28.0 Å². The van der Waals surface area contributed by atoms with Crippen molar-refractivity contribution in [1.82, 2.24) is 29.9 Å². The molecule has 0 fully saturated rings. The number of benzene rings is 8. The Morgan fingerprint density at radius 2 is 0.452 bits per heavy atom. The molecule has 5 aliphatic rings. The van der Waals surface area contributed by atoms with Crippen LogP contribution in [-0.2, 0) is 34.4 Å². The molecule has 0 aliphatic heterocycles. The lowest BCUT2D eigenvalue weighted by molar-refractivity contribution is -0.247. The van der Waals surface area contributed by atoms with Crippen molar-refractivity contribution in [2.45, 2.75) is 287 Å². The Morgan fingerprint density at radius 3 is 0.704 bits per heavy atom. The Morgan fingerprint density at radius 1 is 0.244 bits per heavy atom. The Balaban J connectivity index is 0.000000342. The highest BCUT2D eigenvalue weighted by molar-refractivity contribution is 5.97. The van der Waals surface area contributed by atoms with Crippen molar-refractivity contribution in [3.8, 4) is 78.1 Å². The number of nitrogens with zero attached hydrogens (tertiary/aromatic N) is 6. The zero-order valence-corrected chi connectivity index (χ0v) is 83.3. The van der Waals surface area contributed by atoms with Crippen LogP contribution in [0.15, 0.2) is 159 Å². The van der Waals surface area contributed by atoms with Crippen molar-refractivity contribution in [3.05, 3.63) is 304 Å². The highest BCUT2D eigenvalue weighted by Crippen LogP contribution is 2.64. The molecule has 26 heteroatoms. The third kappa shape index (κ3) is 19.1. The van der Waals surface area contributed by atoms with E-state index >= 15 is 0 Å². The van der Waals surface area contributed by atoms with Gasteiger partial charge < -0.3 is 25.5 Å². The van der Waals surface area contributed by atoms with E-state index in [0.29, 0.717) is 135 Å². The van der Waals surface area contributed by atoms with Gasteiger partial charge in [-0.15, -0.1) is 0 Å². The highest BCUT2D eigenvalue weighted by atomic mass is 19.4. The lowest BCUT2D eigenvalue weighted by Crippen LogP contribution is -2.42. The van der Waals surface area contributed by atoms with Gasteiger partial charge in [-0.2, -0.15) is 65.9 Å². The summed E-state index contributed by atoms with van der Waals surface area (Å²) in [6, 6.07) is 30.7. The zero-order valence-electron chi connectivity index (χ0n) is 83.3. The number of fused-ring (bicyclic) bond motifs is 15. The molecule has 0 spiro atoms. The van der Waals surface area contributed by atoms with Crippen LogP contribution in [-0.4, -0.2) is 86.3 Å². The molecule has 12 aromatic rings. The van der Waals surface area contributed by atoms with Gasteiger partial charge in [0, 0.05) is 115 Å². The maximum absolute atomic E-state index is 14.2. The molecule has 5 N–H and O–H groups in total.